The summed E-state index contributed by atoms with van der Waals surface area (Å²) in [5.74, 6) is 6.85. The van der Waals surface area contributed by atoms with Crippen LogP contribution in [-0.2, 0) is 9.31 Å². The maximum Gasteiger partial charge on any atom is 0.491 e. The number of hydrogen-bond donors (Lipinski definition) is 0. The highest BCUT2D eigenvalue weighted by molar-refractivity contribution is 6.55. The van der Waals surface area contributed by atoms with Crippen molar-refractivity contribution in [3.05, 3.63) is 46.4 Å². The lowest BCUT2D eigenvalue weighted by molar-refractivity contribution is 0.00578. The minimum Gasteiger partial charge on any atom is -0.400 e. The van der Waals surface area contributed by atoms with Gasteiger partial charge in [-0.3, -0.25) is 0 Å². The minimum atomic E-state index is -0.322. The summed E-state index contributed by atoms with van der Waals surface area (Å²) in [6.07, 6.45) is 4.02. The van der Waals surface area contributed by atoms with E-state index in [1.165, 1.54) is 16.6 Å². The fourth-order valence-corrected chi connectivity index (χ4v) is 3.07. The molecule has 0 amide bonds. The topological polar surface area (TPSA) is 18.5 Å². The van der Waals surface area contributed by atoms with Gasteiger partial charge in [0.05, 0.1) is 11.2 Å². The molecule has 0 saturated carbocycles. The van der Waals surface area contributed by atoms with E-state index in [9.17, 15) is 0 Å². The third kappa shape index (κ3) is 4.61. The summed E-state index contributed by atoms with van der Waals surface area (Å²) in [6, 6.07) is 8.28. The molecule has 0 radical (unpaired) electrons. The predicted octanol–water partition coefficient (Wildman–Crippen LogP) is 5.87. The van der Waals surface area contributed by atoms with E-state index in [0.29, 0.717) is 0 Å². The fraction of sp³-hybridized carbons (Fsp3) is 0.565. The number of aryl methyl sites for hydroxylation is 1. The van der Waals surface area contributed by atoms with Crippen molar-refractivity contribution in [1.29, 1.82) is 0 Å². The molecule has 0 unspecified atom stereocenters. The van der Waals surface area contributed by atoms with Gasteiger partial charge in [0.15, 0.2) is 0 Å². The van der Waals surface area contributed by atoms with Crippen LogP contribution in [-0.4, -0.2) is 18.3 Å². The van der Waals surface area contributed by atoms with Gasteiger partial charge in [0.25, 0.3) is 0 Å². The molecule has 2 nitrogen and oxygen atoms in total. The molecule has 2 rings (SSSR count). The molecule has 1 aliphatic rings. The molecular weight excluding hydrogens is 319 g/mol. The molecule has 0 aliphatic carbocycles. The number of benzene rings is 1. The van der Waals surface area contributed by atoms with Crippen molar-refractivity contribution in [3.8, 4) is 11.8 Å². The van der Waals surface area contributed by atoms with E-state index in [1.807, 2.05) is 6.07 Å². The molecule has 1 saturated heterocycles. The van der Waals surface area contributed by atoms with Crippen LogP contribution in [0, 0.1) is 18.8 Å². The monoisotopic (exact) mass is 352 g/mol. The largest absolute Gasteiger partial charge is 0.491 e. The van der Waals surface area contributed by atoms with Gasteiger partial charge in [0.1, 0.15) is 0 Å². The van der Waals surface area contributed by atoms with Gasteiger partial charge in [-0.1, -0.05) is 56.7 Å². The maximum atomic E-state index is 6.33. The van der Waals surface area contributed by atoms with Crippen LogP contribution in [0.4, 0.5) is 0 Å². The fourth-order valence-electron chi connectivity index (χ4n) is 3.07. The summed E-state index contributed by atoms with van der Waals surface area (Å²) in [4.78, 5) is 0. The Bertz CT molecular complexity index is 703. The van der Waals surface area contributed by atoms with E-state index in [-0.39, 0.29) is 18.3 Å². The Labute approximate surface area is 160 Å². The Morgan fingerprint density at radius 1 is 0.962 bits per heavy atom. The Hall–Kier alpha value is -1.50. The molecule has 1 aliphatic heterocycles. The zero-order chi connectivity index (χ0) is 19.4. The van der Waals surface area contributed by atoms with Crippen LogP contribution in [0.1, 0.15) is 78.4 Å². The number of allylic oxidation sites excluding steroid dienone is 2. The molecule has 1 aromatic carbocycles. The molecule has 0 aromatic heterocycles. The van der Waals surface area contributed by atoms with Gasteiger partial charge in [-0.25, -0.2) is 0 Å². The molecular formula is C23H33BO2. The Kier molecular flexibility index (Phi) is 6.77. The van der Waals surface area contributed by atoms with E-state index >= 15 is 0 Å². The standard InChI is InChI=1S/C23H33BO2/c1-8-12-20(17-16-19-15-11-10-14-18(19)3)21(13-9-2)24-25-22(4,5)23(6,7)26-24/h10-11,14-15H,8-9,12-13H2,1-7H3/b21-20+. The SMILES string of the molecule is CCC/C(C#Cc1ccccc1C)=C(/CCC)B1OC(C)(C)C(C)(C)O1. The van der Waals surface area contributed by atoms with Crippen molar-refractivity contribution < 1.29 is 9.31 Å². The van der Waals surface area contributed by atoms with Crippen LogP contribution in [0.5, 0.6) is 0 Å². The molecule has 1 aromatic rings. The van der Waals surface area contributed by atoms with Gasteiger partial charge < -0.3 is 9.31 Å². The van der Waals surface area contributed by atoms with E-state index in [2.05, 4.69) is 78.5 Å². The van der Waals surface area contributed by atoms with E-state index in [1.54, 1.807) is 0 Å². The second kappa shape index (κ2) is 8.46. The highest BCUT2D eigenvalue weighted by Crippen LogP contribution is 2.40. The highest BCUT2D eigenvalue weighted by Gasteiger charge is 2.52. The van der Waals surface area contributed by atoms with Gasteiger partial charge in [0.2, 0.25) is 0 Å². The van der Waals surface area contributed by atoms with Crippen LogP contribution in [0.25, 0.3) is 0 Å². The van der Waals surface area contributed by atoms with Gasteiger partial charge in [-0.05, 0) is 70.1 Å². The summed E-state index contributed by atoms with van der Waals surface area (Å²) in [5, 5.41) is 0. The third-order valence-electron chi connectivity index (χ3n) is 5.44. The summed E-state index contributed by atoms with van der Waals surface area (Å²) in [7, 11) is -0.298. The van der Waals surface area contributed by atoms with Crippen LogP contribution >= 0.6 is 0 Å². The molecule has 1 fully saturated rings. The van der Waals surface area contributed by atoms with Crippen LogP contribution in [0.15, 0.2) is 35.3 Å². The zero-order valence-electron chi connectivity index (χ0n) is 17.5. The smallest absolute Gasteiger partial charge is 0.400 e. The van der Waals surface area contributed by atoms with E-state index < -0.39 is 0 Å². The molecule has 26 heavy (non-hydrogen) atoms. The van der Waals surface area contributed by atoms with Crippen LogP contribution in [0.2, 0.25) is 0 Å². The lowest BCUT2D eigenvalue weighted by atomic mass is 9.72. The zero-order valence-corrected chi connectivity index (χ0v) is 17.5. The first-order valence-electron chi connectivity index (χ1n) is 9.87. The lowest BCUT2D eigenvalue weighted by Crippen LogP contribution is -2.41. The second-order valence-electron chi connectivity index (χ2n) is 8.16. The van der Waals surface area contributed by atoms with E-state index in [4.69, 9.17) is 9.31 Å². The van der Waals surface area contributed by atoms with Crippen LogP contribution in [0.3, 0.4) is 0 Å². The van der Waals surface area contributed by atoms with Gasteiger partial charge in [-0.2, -0.15) is 0 Å². The molecule has 3 heteroatoms. The van der Waals surface area contributed by atoms with Crippen LogP contribution < -0.4 is 0 Å². The summed E-state index contributed by atoms with van der Waals surface area (Å²) >= 11 is 0. The first-order chi connectivity index (χ1) is 12.2. The molecule has 1 heterocycles. The Balaban J connectivity index is 2.44. The second-order valence-corrected chi connectivity index (χ2v) is 8.16. The quantitative estimate of drug-likeness (QED) is 0.487. The molecule has 0 bridgehead atoms. The number of rotatable bonds is 5. The van der Waals surface area contributed by atoms with Crippen molar-refractivity contribution in [3.63, 3.8) is 0 Å². The molecule has 0 atom stereocenters. The van der Waals surface area contributed by atoms with Gasteiger partial charge in [-0.15, -0.1) is 0 Å². The van der Waals surface area contributed by atoms with Crippen molar-refractivity contribution in [2.24, 2.45) is 0 Å². The summed E-state index contributed by atoms with van der Waals surface area (Å²) < 4.78 is 12.7. The molecule has 0 spiro atoms. The van der Waals surface area contributed by atoms with Crippen molar-refractivity contribution >= 4 is 7.12 Å². The Morgan fingerprint density at radius 2 is 1.54 bits per heavy atom. The average Bonchev–Trinajstić information content (AvgIpc) is 2.78. The molecule has 0 N–H and O–H groups in total. The van der Waals surface area contributed by atoms with Crippen molar-refractivity contribution in [2.75, 3.05) is 0 Å². The first kappa shape index (κ1) is 20.8. The normalized spacial score (nSPS) is 19.0. The summed E-state index contributed by atoms with van der Waals surface area (Å²) in [5.41, 5.74) is 4.05. The lowest BCUT2D eigenvalue weighted by Gasteiger charge is -2.32. The predicted molar refractivity (Wildman–Crippen MR) is 111 cm³/mol. The van der Waals surface area contributed by atoms with Gasteiger partial charge in [0, 0.05) is 5.56 Å². The van der Waals surface area contributed by atoms with Crippen molar-refractivity contribution in [1.82, 2.24) is 0 Å². The van der Waals surface area contributed by atoms with Gasteiger partial charge >= 0.3 is 7.12 Å². The summed E-state index contributed by atoms with van der Waals surface area (Å²) in [6.45, 7) is 14.9. The Morgan fingerprint density at radius 3 is 2.08 bits per heavy atom. The average molecular weight is 352 g/mol. The first-order valence-corrected chi connectivity index (χ1v) is 9.87. The van der Waals surface area contributed by atoms with E-state index in [0.717, 1.165) is 31.2 Å². The third-order valence-corrected chi connectivity index (χ3v) is 5.44. The van der Waals surface area contributed by atoms with Crippen molar-refractivity contribution in [2.45, 2.75) is 85.4 Å². The minimum absolute atomic E-state index is 0.298. The number of hydrogen-bond acceptors (Lipinski definition) is 2. The molecule has 140 valence electrons. The highest BCUT2D eigenvalue weighted by atomic mass is 16.7. The maximum absolute atomic E-state index is 6.33.